The Hall–Kier alpha value is -3.62. The van der Waals surface area contributed by atoms with Crippen LogP contribution in [0.25, 0.3) is 0 Å². The second-order valence-electron chi connectivity index (χ2n) is 6.72. The van der Waals surface area contributed by atoms with E-state index in [-0.39, 0.29) is 11.6 Å². The van der Waals surface area contributed by atoms with Gasteiger partial charge < -0.3 is 20.9 Å². The lowest BCUT2D eigenvalue weighted by atomic mass is 10.1. The average molecular weight is 412 g/mol. The molecule has 0 bridgehead atoms. The highest BCUT2D eigenvalue weighted by atomic mass is 16.6. The fourth-order valence-corrected chi connectivity index (χ4v) is 2.68. The molecule has 0 spiro atoms. The monoisotopic (exact) mass is 412 g/mol. The summed E-state index contributed by atoms with van der Waals surface area (Å²) >= 11 is 0. The van der Waals surface area contributed by atoms with Gasteiger partial charge in [-0.3, -0.25) is 14.9 Å². The van der Waals surface area contributed by atoms with Gasteiger partial charge in [-0.2, -0.15) is 0 Å². The molecule has 0 fully saturated rings. The van der Waals surface area contributed by atoms with Crippen LogP contribution in [-0.4, -0.2) is 55.4 Å². The van der Waals surface area contributed by atoms with E-state index in [1.165, 1.54) is 6.07 Å². The van der Waals surface area contributed by atoms with Crippen LogP contribution in [0.1, 0.15) is 22.8 Å². The van der Waals surface area contributed by atoms with E-state index in [4.69, 9.17) is 0 Å². The van der Waals surface area contributed by atoms with Gasteiger partial charge in [-0.1, -0.05) is 24.3 Å². The number of rotatable bonds is 9. The molecule has 0 aliphatic carbocycles. The molecule has 0 unspecified atom stereocenters. The van der Waals surface area contributed by atoms with Crippen LogP contribution in [-0.2, 0) is 6.54 Å². The van der Waals surface area contributed by atoms with Crippen molar-refractivity contribution in [3.05, 3.63) is 69.8 Å². The number of aliphatic imine (C=N–C) groups is 1. The summed E-state index contributed by atoms with van der Waals surface area (Å²) in [6.07, 6.45) is 0. The zero-order valence-electron chi connectivity index (χ0n) is 17.5. The van der Waals surface area contributed by atoms with Crippen molar-refractivity contribution in [3.8, 4) is 0 Å². The first kappa shape index (κ1) is 22.7. The standard InChI is InChI=1S/C21H28N6O3/c1-4-22-21(24-14-13-23-18-7-5-6-8-19(18)27(29)30)25-15-16-9-11-17(12-10-16)20(28)26(2)3/h5-12,23H,4,13-15H2,1-3H3,(H2,22,24,25). The minimum atomic E-state index is -0.404. The Kier molecular flexibility index (Phi) is 8.61. The van der Waals surface area contributed by atoms with Gasteiger partial charge in [-0.25, -0.2) is 4.99 Å². The molecular formula is C21H28N6O3. The molecule has 160 valence electrons. The molecule has 9 nitrogen and oxygen atoms in total. The second kappa shape index (κ2) is 11.4. The number of carbonyl (C=O) groups excluding carboxylic acids is 1. The van der Waals surface area contributed by atoms with Gasteiger partial charge in [0.25, 0.3) is 11.6 Å². The number of guanidine groups is 1. The number of hydrogen-bond acceptors (Lipinski definition) is 5. The number of nitrogens with zero attached hydrogens (tertiary/aromatic N) is 3. The lowest BCUT2D eigenvalue weighted by Crippen LogP contribution is -2.39. The van der Waals surface area contributed by atoms with E-state index in [0.29, 0.717) is 43.4 Å². The number of nitrogens with one attached hydrogen (secondary N) is 3. The molecule has 2 aromatic rings. The Morgan fingerprint density at radius 3 is 2.40 bits per heavy atom. The summed E-state index contributed by atoms with van der Waals surface area (Å²) in [5, 5.41) is 20.5. The molecule has 2 rings (SSSR count). The fraction of sp³-hybridized carbons (Fsp3) is 0.333. The van der Waals surface area contributed by atoms with Gasteiger partial charge in [0.05, 0.1) is 11.5 Å². The molecule has 2 aromatic carbocycles. The van der Waals surface area contributed by atoms with Crippen LogP contribution >= 0.6 is 0 Å². The number of benzene rings is 2. The van der Waals surface area contributed by atoms with Crippen molar-refractivity contribution in [2.24, 2.45) is 4.99 Å². The maximum Gasteiger partial charge on any atom is 0.292 e. The van der Waals surface area contributed by atoms with Crippen molar-refractivity contribution in [1.29, 1.82) is 0 Å². The Morgan fingerprint density at radius 2 is 1.77 bits per heavy atom. The minimum absolute atomic E-state index is 0.0359. The molecule has 0 saturated heterocycles. The van der Waals surface area contributed by atoms with Crippen molar-refractivity contribution in [3.63, 3.8) is 0 Å². The summed E-state index contributed by atoms with van der Waals surface area (Å²) in [7, 11) is 3.44. The lowest BCUT2D eigenvalue weighted by molar-refractivity contribution is -0.384. The topological polar surface area (TPSA) is 112 Å². The van der Waals surface area contributed by atoms with E-state index in [1.807, 2.05) is 19.1 Å². The summed E-state index contributed by atoms with van der Waals surface area (Å²) in [5.74, 6) is 0.613. The van der Waals surface area contributed by atoms with Crippen molar-refractivity contribution in [2.75, 3.05) is 39.0 Å². The molecule has 9 heteroatoms. The summed E-state index contributed by atoms with van der Waals surface area (Å²) in [6.45, 7) is 4.18. The molecule has 0 saturated carbocycles. The van der Waals surface area contributed by atoms with Gasteiger partial charge in [-0.05, 0) is 30.7 Å². The predicted molar refractivity (Wildman–Crippen MR) is 119 cm³/mol. The Balaban J connectivity index is 1.89. The molecule has 0 aromatic heterocycles. The smallest absolute Gasteiger partial charge is 0.292 e. The zero-order valence-corrected chi connectivity index (χ0v) is 17.5. The lowest BCUT2D eigenvalue weighted by Gasteiger charge is -2.13. The van der Waals surface area contributed by atoms with Gasteiger partial charge in [-0.15, -0.1) is 0 Å². The summed E-state index contributed by atoms with van der Waals surface area (Å²) in [4.78, 5) is 28.7. The third-order valence-electron chi connectivity index (χ3n) is 4.20. The van der Waals surface area contributed by atoms with Gasteiger partial charge in [0.15, 0.2) is 5.96 Å². The van der Waals surface area contributed by atoms with Crippen LogP contribution in [0.2, 0.25) is 0 Å². The van der Waals surface area contributed by atoms with Crippen molar-refractivity contribution in [2.45, 2.75) is 13.5 Å². The van der Waals surface area contributed by atoms with Crippen LogP contribution in [0.3, 0.4) is 0 Å². The third-order valence-corrected chi connectivity index (χ3v) is 4.20. The summed E-state index contributed by atoms with van der Waals surface area (Å²) in [5.41, 5.74) is 2.16. The molecule has 30 heavy (non-hydrogen) atoms. The average Bonchev–Trinajstić information content (AvgIpc) is 2.74. The highest BCUT2D eigenvalue weighted by Gasteiger charge is 2.11. The van der Waals surface area contributed by atoms with Crippen LogP contribution in [0.5, 0.6) is 0 Å². The van der Waals surface area contributed by atoms with Gasteiger partial charge in [0, 0.05) is 45.4 Å². The Labute approximate surface area is 176 Å². The van der Waals surface area contributed by atoms with E-state index >= 15 is 0 Å². The SMILES string of the molecule is CCNC(=NCc1ccc(C(=O)N(C)C)cc1)NCCNc1ccccc1[N+](=O)[O-]. The molecule has 0 atom stereocenters. The number of amides is 1. The molecule has 0 aliphatic rings. The maximum absolute atomic E-state index is 11.9. The van der Waals surface area contributed by atoms with Gasteiger partial charge in [0.1, 0.15) is 5.69 Å². The molecule has 1 amide bonds. The van der Waals surface area contributed by atoms with E-state index in [2.05, 4.69) is 20.9 Å². The third kappa shape index (κ3) is 6.77. The summed E-state index contributed by atoms with van der Waals surface area (Å²) in [6, 6.07) is 13.9. The second-order valence-corrected chi connectivity index (χ2v) is 6.72. The number of anilines is 1. The first-order chi connectivity index (χ1) is 14.4. The zero-order chi connectivity index (χ0) is 21.9. The first-order valence-electron chi connectivity index (χ1n) is 9.72. The van der Waals surface area contributed by atoms with Crippen LogP contribution in [0, 0.1) is 10.1 Å². The largest absolute Gasteiger partial charge is 0.378 e. The number of nitro benzene ring substituents is 1. The maximum atomic E-state index is 11.9. The minimum Gasteiger partial charge on any atom is -0.378 e. The molecule has 3 N–H and O–H groups in total. The van der Waals surface area contributed by atoms with E-state index in [9.17, 15) is 14.9 Å². The highest BCUT2D eigenvalue weighted by Crippen LogP contribution is 2.22. The number of hydrogen-bond donors (Lipinski definition) is 3. The molecule has 0 aliphatic heterocycles. The first-order valence-corrected chi connectivity index (χ1v) is 9.72. The van der Waals surface area contributed by atoms with Crippen molar-refractivity contribution in [1.82, 2.24) is 15.5 Å². The van der Waals surface area contributed by atoms with Crippen LogP contribution in [0.4, 0.5) is 11.4 Å². The Morgan fingerprint density at radius 1 is 1.07 bits per heavy atom. The quantitative estimate of drug-likeness (QED) is 0.192. The van der Waals surface area contributed by atoms with Gasteiger partial charge in [0.2, 0.25) is 0 Å². The number of nitro groups is 1. The molecular weight excluding hydrogens is 384 g/mol. The van der Waals surface area contributed by atoms with Crippen LogP contribution < -0.4 is 16.0 Å². The van der Waals surface area contributed by atoms with Gasteiger partial charge >= 0.3 is 0 Å². The van der Waals surface area contributed by atoms with Crippen molar-refractivity contribution < 1.29 is 9.72 Å². The summed E-state index contributed by atoms with van der Waals surface area (Å²) < 4.78 is 0. The number of para-hydroxylation sites is 2. The Bertz CT molecular complexity index is 881. The molecule has 0 radical (unpaired) electrons. The van der Waals surface area contributed by atoms with E-state index in [0.717, 1.165) is 5.56 Å². The highest BCUT2D eigenvalue weighted by molar-refractivity contribution is 5.93. The normalized spacial score (nSPS) is 11.0. The fourth-order valence-electron chi connectivity index (χ4n) is 2.68. The predicted octanol–water partition coefficient (Wildman–Crippen LogP) is 2.46. The van der Waals surface area contributed by atoms with Crippen LogP contribution in [0.15, 0.2) is 53.5 Å². The van der Waals surface area contributed by atoms with E-state index in [1.54, 1.807) is 49.3 Å². The van der Waals surface area contributed by atoms with E-state index < -0.39 is 4.92 Å². The molecule has 0 heterocycles. The number of carbonyl (C=O) groups is 1. The van der Waals surface area contributed by atoms with Crippen molar-refractivity contribution >= 4 is 23.2 Å².